The van der Waals surface area contributed by atoms with Gasteiger partial charge in [0.1, 0.15) is 5.82 Å². The van der Waals surface area contributed by atoms with Gasteiger partial charge in [0.25, 0.3) is 0 Å². The highest BCUT2D eigenvalue weighted by molar-refractivity contribution is 6.03. The van der Waals surface area contributed by atoms with E-state index in [1.54, 1.807) is 0 Å². The van der Waals surface area contributed by atoms with E-state index in [2.05, 4.69) is 5.32 Å². The Morgan fingerprint density at radius 2 is 1.85 bits per heavy atom. The molecule has 1 saturated carbocycles. The number of hydrogen-bond acceptors (Lipinski definition) is 2. The van der Waals surface area contributed by atoms with E-state index in [4.69, 9.17) is 5.73 Å². The molecule has 0 saturated heterocycles. The number of carbonyl (C=O) groups is 1. The molecule has 1 amide bonds. The Morgan fingerprint density at radius 1 is 1.15 bits per heavy atom. The molecule has 0 bridgehead atoms. The number of nitrogens with one attached hydrogen (secondary N) is 1. The van der Waals surface area contributed by atoms with Crippen LogP contribution in [0.4, 0.5) is 15.8 Å². The van der Waals surface area contributed by atoms with Crippen molar-refractivity contribution in [2.45, 2.75) is 18.3 Å². The van der Waals surface area contributed by atoms with Crippen molar-refractivity contribution >= 4 is 17.3 Å². The van der Waals surface area contributed by atoms with Gasteiger partial charge in [-0.25, -0.2) is 4.39 Å². The zero-order chi connectivity index (χ0) is 14.2. The molecule has 3 rings (SSSR count). The van der Waals surface area contributed by atoms with Gasteiger partial charge in [-0.1, -0.05) is 30.3 Å². The number of halogens is 1. The maximum absolute atomic E-state index is 13.2. The van der Waals surface area contributed by atoms with Gasteiger partial charge in [-0.2, -0.15) is 0 Å². The van der Waals surface area contributed by atoms with Gasteiger partial charge in [0.05, 0.1) is 16.8 Å². The van der Waals surface area contributed by atoms with E-state index in [1.165, 1.54) is 18.2 Å². The molecule has 1 aliphatic rings. The van der Waals surface area contributed by atoms with Crippen LogP contribution in [0.1, 0.15) is 18.4 Å². The van der Waals surface area contributed by atoms with Crippen LogP contribution in [0.2, 0.25) is 0 Å². The molecule has 1 aliphatic carbocycles. The summed E-state index contributed by atoms with van der Waals surface area (Å²) in [6.07, 6.45) is 1.61. The van der Waals surface area contributed by atoms with E-state index in [1.807, 2.05) is 30.3 Å². The normalized spacial score (nSPS) is 15.7. The van der Waals surface area contributed by atoms with Crippen molar-refractivity contribution in [3.05, 3.63) is 59.9 Å². The van der Waals surface area contributed by atoms with Crippen molar-refractivity contribution in [2.75, 3.05) is 11.1 Å². The van der Waals surface area contributed by atoms with Crippen molar-refractivity contribution < 1.29 is 9.18 Å². The van der Waals surface area contributed by atoms with Crippen molar-refractivity contribution in [2.24, 2.45) is 0 Å². The molecular weight excluding hydrogens is 255 g/mol. The Hall–Kier alpha value is -2.36. The summed E-state index contributed by atoms with van der Waals surface area (Å²) in [7, 11) is 0. The lowest BCUT2D eigenvalue weighted by molar-refractivity contribution is -0.118. The lowest BCUT2D eigenvalue weighted by atomic mass is 9.95. The number of nitrogens with two attached hydrogens (primary N) is 1. The Morgan fingerprint density at radius 3 is 2.50 bits per heavy atom. The minimum atomic E-state index is -0.486. The highest BCUT2D eigenvalue weighted by atomic mass is 19.1. The molecule has 0 heterocycles. The van der Waals surface area contributed by atoms with Crippen LogP contribution in [-0.4, -0.2) is 5.91 Å². The first-order chi connectivity index (χ1) is 9.62. The molecule has 3 N–H and O–H groups in total. The summed E-state index contributed by atoms with van der Waals surface area (Å²) >= 11 is 0. The Labute approximate surface area is 116 Å². The molecule has 0 spiro atoms. The van der Waals surface area contributed by atoms with Gasteiger partial charge in [0, 0.05) is 0 Å². The second kappa shape index (κ2) is 4.63. The molecule has 3 nitrogen and oxygen atoms in total. The summed E-state index contributed by atoms with van der Waals surface area (Å²) in [5, 5.41) is 2.75. The van der Waals surface area contributed by atoms with Gasteiger partial charge < -0.3 is 11.1 Å². The Kier molecular flexibility index (Phi) is 2.93. The van der Waals surface area contributed by atoms with Crippen molar-refractivity contribution in [3.8, 4) is 0 Å². The molecule has 2 aromatic rings. The first-order valence-electron chi connectivity index (χ1n) is 6.54. The lowest BCUT2D eigenvalue weighted by Gasteiger charge is -2.16. The summed E-state index contributed by atoms with van der Waals surface area (Å²) < 4.78 is 13.2. The van der Waals surface area contributed by atoms with Gasteiger partial charge in [0.2, 0.25) is 5.91 Å². The van der Waals surface area contributed by atoms with Crippen LogP contribution in [0.3, 0.4) is 0 Å². The molecule has 0 unspecified atom stereocenters. The Bertz CT molecular complexity index is 651. The minimum absolute atomic E-state index is 0.124. The molecule has 0 atom stereocenters. The average Bonchev–Trinajstić information content (AvgIpc) is 3.25. The average molecular weight is 270 g/mol. The fourth-order valence-electron chi connectivity index (χ4n) is 2.41. The van der Waals surface area contributed by atoms with E-state index in [0.29, 0.717) is 11.4 Å². The van der Waals surface area contributed by atoms with Crippen LogP contribution in [0.25, 0.3) is 0 Å². The van der Waals surface area contributed by atoms with Crippen molar-refractivity contribution in [1.29, 1.82) is 0 Å². The summed E-state index contributed by atoms with van der Waals surface area (Å²) in [5.41, 5.74) is 6.96. The van der Waals surface area contributed by atoms with Crippen LogP contribution in [-0.2, 0) is 10.2 Å². The van der Waals surface area contributed by atoms with Crippen LogP contribution in [0.15, 0.2) is 48.5 Å². The quantitative estimate of drug-likeness (QED) is 0.842. The number of hydrogen-bond donors (Lipinski definition) is 2. The van der Waals surface area contributed by atoms with Gasteiger partial charge in [0.15, 0.2) is 0 Å². The molecule has 0 aliphatic heterocycles. The van der Waals surface area contributed by atoms with Crippen LogP contribution < -0.4 is 11.1 Å². The molecule has 4 heteroatoms. The zero-order valence-corrected chi connectivity index (χ0v) is 10.9. The third-order valence-corrected chi connectivity index (χ3v) is 3.77. The standard InChI is InChI=1S/C16H15FN2O/c17-12-6-7-13(18)14(10-12)19-15(20)16(8-9-16)11-4-2-1-3-5-11/h1-7,10H,8-9,18H2,(H,19,20). The van der Waals surface area contributed by atoms with Gasteiger partial charge >= 0.3 is 0 Å². The molecular formula is C16H15FN2O. The van der Waals surface area contributed by atoms with E-state index < -0.39 is 11.2 Å². The van der Waals surface area contributed by atoms with E-state index in [-0.39, 0.29) is 5.91 Å². The predicted molar refractivity (Wildman–Crippen MR) is 76.8 cm³/mol. The fourth-order valence-corrected chi connectivity index (χ4v) is 2.41. The number of benzene rings is 2. The minimum Gasteiger partial charge on any atom is -0.397 e. The first kappa shape index (κ1) is 12.7. The SMILES string of the molecule is Nc1ccc(F)cc1NC(=O)C1(c2ccccc2)CC1. The molecule has 20 heavy (non-hydrogen) atoms. The third kappa shape index (κ3) is 2.13. The second-order valence-electron chi connectivity index (χ2n) is 5.13. The number of rotatable bonds is 3. The Balaban J connectivity index is 1.85. The van der Waals surface area contributed by atoms with E-state index >= 15 is 0 Å². The highest BCUT2D eigenvalue weighted by Gasteiger charge is 2.51. The lowest BCUT2D eigenvalue weighted by Crippen LogP contribution is -2.28. The van der Waals surface area contributed by atoms with Crippen molar-refractivity contribution in [1.82, 2.24) is 0 Å². The third-order valence-electron chi connectivity index (χ3n) is 3.77. The van der Waals surface area contributed by atoms with E-state index in [9.17, 15) is 9.18 Å². The van der Waals surface area contributed by atoms with Crippen LogP contribution >= 0.6 is 0 Å². The largest absolute Gasteiger partial charge is 0.397 e. The topological polar surface area (TPSA) is 55.1 Å². The summed E-state index contributed by atoms with van der Waals surface area (Å²) in [6, 6.07) is 13.6. The number of nitrogen functional groups attached to an aromatic ring is 1. The highest BCUT2D eigenvalue weighted by Crippen LogP contribution is 2.49. The maximum atomic E-state index is 13.2. The molecule has 0 radical (unpaired) electrons. The van der Waals surface area contributed by atoms with Gasteiger partial charge in [-0.05, 0) is 36.6 Å². The van der Waals surface area contributed by atoms with Crippen LogP contribution in [0.5, 0.6) is 0 Å². The van der Waals surface area contributed by atoms with Gasteiger partial charge in [-0.15, -0.1) is 0 Å². The van der Waals surface area contributed by atoms with Crippen molar-refractivity contribution in [3.63, 3.8) is 0 Å². The fraction of sp³-hybridized carbons (Fsp3) is 0.188. The zero-order valence-electron chi connectivity index (χ0n) is 10.9. The number of carbonyl (C=O) groups excluding carboxylic acids is 1. The van der Waals surface area contributed by atoms with E-state index in [0.717, 1.165) is 18.4 Å². The summed E-state index contributed by atoms with van der Waals surface area (Å²) in [4.78, 5) is 12.5. The molecule has 102 valence electrons. The monoisotopic (exact) mass is 270 g/mol. The smallest absolute Gasteiger partial charge is 0.235 e. The maximum Gasteiger partial charge on any atom is 0.235 e. The number of anilines is 2. The van der Waals surface area contributed by atoms with Gasteiger partial charge in [-0.3, -0.25) is 4.79 Å². The predicted octanol–water partition coefficient (Wildman–Crippen LogP) is 3.08. The number of amides is 1. The first-order valence-corrected chi connectivity index (χ1v) is 6.54. The summed E-state index contributed by atoms with van der Waals surface area (Å²) in [5.74, 6) is -0.542. The summed E-state index contributed by atoms with van der Waals surface area (Å²) in [6.45, 7) is 0. The molecule has 1 fully saturated rings. The van der Waals surface area contributed by atoms with Crippen LogP contribution in [0, 0.1) is 5.82 Å². The molecule has 2 aromatic carbocycles. The molecule has 0 aromatic heterocycles. The second-order valence-corrected chi connectivity index (χ2v) is 5.13.